The van der Waals surface area contributed by atoms with Crippen molar-refractivity contribution in [2.75, 3.05) is 0 Å². The first-order valence-electron chi connectivity index (χ1n) is 6.74. The molecule has 3 atom stereocenters. The summed E-state index contributed by atoms with van der Waals surface area (Å²) in [5, 5.41) is 0. The highest BCUT2D eigenvalue weighted by Crippen LogP contribution is 2.44. The van der Waals surface area contributed by atoms with E-state index >= 15 is 0 Å². The average molecular weight is 283 g/mol. The van der Waals surface area contributed by atoms with Gasteiger partial charge in [0.25, 0.3) is 0 Å². The summed E-state index contributed by atoms with van der Waals surface area (Å²) >= 11 is 0. The van der Waals surface area contributed by atoms with Crippen LogP contribution in [0.25, 0.3) is 0 Å². The third-order valence-electron chi connectivity index (χ3n) is 4.48. The van der Waals surface area contributed by atoms with Gasteiger partial charge in [0.15, 0.2) is 0 Å². The summed E-state index contributed by atoms with van der Waals surface area (Å²) in [6.45, 7) is 1.58. The molecule has 2 aliphatic carbocycles. The molecule has 1 aromatic rings. The van der Waals surface area contributed by atoms with Crippen molar-refractivity contribution in [2.24, 2.45) is 11.8 Å². The topological polar surface area (TPSA) is 46.2 Å². The normalized spacial score (nSPS) is 29.9. The molecule has 0 unspecified atom stereocenters. The summed E-state index contributed by atoms with van der Waals surface area (Å²) in [7, 11) is -3.52. The van der Waals surface area contributed by atoms with E-state index in [2.05, 4.69) is 4.72 Å². The molecule has 0 saturated heterocycles. The largest absolute Gasteiger partial charge is 0.240 e. The van der Waals surface area contributed by atoms with Crippen molar-refractivity contribution < 1.29 is 12.8 Å². The Hall–Kier alpha value is -0.940. The molecule has 0 aromatic heterocycles. The van der Waals surface area contributed by atoms with Crippen LogP contribution in [0, 0.1) is 24.6 Å². The van der Waals surface area contributed by atoms with Gasteiger partial charge in [-0.1, -0.05) is 6.42 Å². The molecule has 0 radical (unpaired) electrons. The number of nitrogens with one attached hydrogen (secondary N) is 1. The first-order valence-corrected chi connectivity index (χ1v) is 8.22. The summed E-state index contributed by atoms with van der Waals surface area (Å²) in [5.41, 5.74) is 0.357. The minimum atomic E-state index is -3.52. The SMILES string of the molecule is Cc1cc(S(=O)(=O)N[C@H]2C[C@H]3CC[C@@H]2C3)ccc1F. The Labute approximate surface area is 113 Å². The molecule has 2 aliphatic rings. The molecule has 2 fully saturated rings. The van der Waals surface area contributed by atoms with Crippen LogP contribution < -0.4 is 4.72 Å². The molecule has 0 spiro atoms. The molecule has 3 rings (SSSR count). The van der Waals surface area contributed by atoms with Crippen LogP contribution in [0.15, 0.2) is 23.1 Å². The highest BCUT2D eigenvalue weighted by molar-refractivity contribution is 7.89. The van der Waals surface area contributed by atoms with E-state index in [0.29, 0.717) is 17.4 Å². The van der Waals surface area contributed by atoms with Gasteiger partial charge in [-0.15, -0.1) is 0 Å². The van der Waals surface area contributed by atoms with Crippen LogP contribution in [0.3, 0.4) is 0 Å². The van der Waals surface area contributed by atoms with Gasteiger partial charge in [0.2, 0.25) is 10.0 Å². The quantitative estimate of drug-likeness (QED) is 0.927. The zero-order valence-corrected chi connectivity index (χ0v) is 11.7. The van der Waals surface area contributed by atoms with Gasteiger partial charge in [0.1, 0.15) is 5.82 Å². The van der Waals surface area contributed by atoms with Gasteiger partial charge in [0.05, 0.1) is 4.90 Å². The van der Waals surface area contributed by atoms with Gasteiger partial charge in [-0.05, 0) is 61.8 Å². The van der Waals surface area contributed by atoms with Gasteiger partial charge in [-0.2, -0.15) is 0 Å². The number of rotatable bonds is 3. The van der Waals surface area contributed by atoms with Gasteiger partial charge in [-0.3, -0.25) is 0 Å². The number of fused-ring (bicyclic) bond motifs is 2. The van der Waals surface area contributed by atoms with Gasteiger partial charge in [-0.25, -0.2) is 17.5 Å². The van der Waals surface area contributed by atoms with E-state index < -0.39 is 10.0 Å². The molecule has 0 amide bonds. The molecule has 3 nitrogen and oxygen atoms in total. The van der Waals surface area contributed by atoms with Crippen LogP contribution in [0.1, 0.15) is 31.2 Å². The first-order chi connectivity index (χ1) is 8.95. The van der Waals surface area contributed by atoms with Crippen LogP contribution in [-0.2, 0) is 10.0 Å². The maximum Gasteiger partial charge on any atom is 0.240 e. The van der Waals surface area contributed by atoms with Crippen molar-refractivity contribution in [3.63, 3.8) is 0 Å². The number of sulfonamides is 1. The Kier molecular flexibility index (Phi) is 3.14. The van der Waals surface area contributed by atoms with E-state index in [9.17, 15) is 12.8 Å². The van der Waals surface area contributed by atoms with E-state index in [4.69, 9.17) is 0 Å². The standard InChI is InChI=1S/C14H18FNO2S/c1-9-6-12(4-5-13(9)15)19(17,18)16-14-8-10-2-3-11(14)7-10/h4-6,10-11,14,16H,2-3,7-8H2,1H3/t10-,11+,14-/m0/s1. The monoisotopic (exact) mass is 283 g/mol. The number of benzene rings is 1. The zero-order valence-electron chi connectivity index (χ0n) is 10.9. The lowest BCUT2D eigenvalue weighted by molar-refractivity contribution is 0.390. The predicted octanol–water partition coefficient (Wildman–Crippen LogP) is 2.60. The minimum absolute atomic E-state index is 0.0640. The summed E-state index contributed by atoms with van der Waals surface area (Å²) in [5.74, 6) is 0.799. The second kappa shape index (κ2) is 4.56. The predicted molar refractivity (Wildman–Crippen MR) is 70.7 cm³/mol. The summed E-state index contributed by atoms with van der Waals surface area (Å²) < 4.78 is 40.6. The Morgan fingerprint density at radius 1 is 1.26 bits per heavy atom. The fraction of sp³-hybridized carbons (Fsp3) is 0.571. The van der Waals surface area contributed by atoms with Gasteiger partial charge in [0, 0.05) is 6.04 Å². The number of hydrogen-bond acceptors (Lipinski definition) is 2. The lowest BCUT2D eigenvalue weighted by Crippen LogP contribution is -2.38. The number of halogens is 1. The Bertz CT molecular complexity index is 599. The molecular formula is C14H18FNO2S. The lowest BCUT2D eigenvalue weighted by atomic mass is 9.96. The van der Waals surface area contributed by atoms with E-state index in [0.717, 1.165) is 19.3 Å². The summed E-state index contributed by atoms with van der Waals surface area (Å²) in [6.07, 6.45) is 4.46. The first kappa shape index (κ1) is 13.1. The highest BCUT2D eigenvalue weighted by atomic mass is 32.2. The molecule has 104 valence electrons. The Morgan fingerprint density at radius 2 is 2.05 bits per heavy atom. The molecule has 2 saturated carbocycles. The minimum Gasteiger partial charge on any atom is -0.208 e. The van der Waals surface area contributed by atoms with Crippen molar-refractivity contribution in [3.8, 4) is 0 Å². The van der Waals surface area contributed by atoms with Crippen LogP contribution in [0.4, 0.5) is 4.39 Å². The Morgan fingerprint density at radius 3 is 2.63 bits per heavy atom. The lowest BCUT2D eigenvalue weighted by Gasteiger charge is -2.22. The van der Waals surface area contributed by atoms with E-state index in [1.165, 1.54) is 24.6 Å². The Balaban J connectivity index is 1.80. The maximum absolute atomic E-state index is 13.2. The zero-order chi connectivity index (χ0) is 13.6. The van der Waals surface area contributed by atoms with Crippen molar-refractivity contribution in [1.82, 2.24) is 4.72 Å². The van der Waals surface area contributed by atoms with E-state index in [1.54, 1.807) is 6.92 Å². The molecule has 1 aromatic carbocycles. The second-order valence-corrected chi connectivity index (χ2v) is 7.53. The maximum atomic E-state index is 13.2. The highest BCUT2D eigenvalue weighted by Gasteiger charge is 2.41. The third-order valence-corrected chi connectivity index (χ3v) is 5.97. The fourth-order valence-corrected chi connectivity index (χ4v) is 4.84. The van der Waals surface area contributed by atoms with Crippen molar-refractivity contribution in [1.29, 1.82) is 0 Å². The van der Waals surface area contributed by atoms with Crippen LogP contribution >= 0.6 is 0 Å². The average Bonchev–Trinajstić information content (AvgIpc) is 2.94. The van der Waals surface area contributed by atoms with Gasteiger partial charge >= 0.3 is 0 Å². The van der Waals surface area contributed by atoms with Gasteiger partial charge < -0.3 is 0 Å². The molecule has 0 aliphatic heterocycles. The van der Waals surface area contributed by atoms with Crippen molar-refractivity contribution in [2.45, 2.75) is 43.5 Å². The van der Waals surface area contributed by atoms with Crippen molar-refractivity contribution in [3.05, 3.63) is 29.6 Å². The molecule has 19 heavy (non-hydrogen) atoms. The van der Waals surface area contributed by atoms with Crippen LogP contribution in [0.5, 0.6) is 0 Å². The van der Waals surface area contributed by atoms with Crippen molar-refractivity contribution >= 4 is 10.0 Å². The smallest absolute Gasteiger partial charge is 0.208 e. The molecule has 2 bridgehead atoms. The number of aryl methyl sites for hydroxylation is 1. The second-order valence-electron chi connectivity index (χ2n) is 5.81. The van der Waals surface area contributed by atoms with Crippen LogP contribution in [0.2, 0.25) is 0 Å². The molecule has 1 N–H and O–H groups in total. The van der Waals surface area contributed by atoms with E-state index in [-0.39, 0.29) is 16.8 Å². The fourth-order valence-electron chi connectivity index (χ4n) is 3.44. The molecule has 0 heterocycles. The molecular weight excluding hydrogens is 265 g/mol. The van der Waals surface area contributed by atoms with E-state index in [1.807, 2.05) is 0 Å². The molecule has 5 heteroatoms. The summed E-state index contributed by atoms with van der Waals surface area (Å²) in [4.78, 5) is 0.161. The number of hydrogen-bond donors (Lipinski definition) is 1. The third kappa shape index (κ3) is 2.41. The van der Waals surface area contributed by atoms with Crippen LogP contribution in [-0.4, -0.2) is 14.5 Å². The summed E-state index contributed by atoms with van der Waals surface area (Å²) in [6, 6.07) is 4.00.